The number of hydrogen-bond donors (Lipinski definition) is 2. The number of aromatic amines is 1. The van der Waals surface area contributed by atoms with Crippen molar-refractivity contribution >= 4 is 20.9 Å². The molecule has 0 amide bonds. The second-order valence-electron chi connectivity index (χ2n) is 5.38. The fourth-order valence-electron chi connectivity index (χ4n) is 2.45. The molecule has 0 fully saturated rings. The van der Waals surface area contributed by atoms with E-state index in [2.05, 4.69) is 9.71 Å². The SMILES string of the molecule is CCCS(=O)(=O)NCCc1cc2cc(OC)c(OC)cc2[nH]c1=O. The van der Waals surface area contributed by atoms with Gasteiger partial charge in [-0.3, -0.25) is 4.79 Å². The van der Waals surface area contributed by atoms with Crippen LogP contribution in [0.25, 0.3) is 10.9 Å². The average molecular weight is 354 g/mol. The van der Waals surface area contributed by atoms with Crippen LogP contribution >= 0.6 is 0 Å². The first-order valence-electron chi connectivity index (χ1n) is 7.65. The maximum atomic E-state index is 12.2. The molecule has 0 atom stereocenters. The van der Waals surface area contributed by atoms with Gasteiger partial charge in [0.1, 0.15) is 0 Å². The Balaban J connectivity index is 2.25. The zero-order valence-corrected chi connectivity index (χ0v) is 14.8. The van der Waals surface area contributed by atoms with Crippen molar-refractivity contribution in [1.82, 2.24) is 9.71 Å². The Bertz CT molecular complexity index is 874. The summed E-state index contributed by atoms with van der Waals surface area (Å²) in [6.45, 7) is 1.99. The molecule has 1 aromatic carbocycles. The summed E-state index contributed by atoms with van der Waals surface area (Å²) in [5.74, 6) is 1.17. The second kappa shape index (κ2) is 7.67. The zero-order chi connectivity index (χ0) is 17.7. The van der Waals surface area contributed by atoms with Crippen molar-refractivity contribution < 1.29 is 17.9 Å². The number of fused-ring (bicyclic) bond motifs is 1. The quantitative estimate of drug-likeness (QED) is 0.747. The molecule has 2 N–H and O–H groups in total. The van der Waals surface area contributed by atoms with Crippen molar-refractivity contribution in [2.24, 2.45) is 0 Å². The molecule has 0 bridgehead atoms. The predicted octanol–water partition coefficient (Wildman–Crippen LogP) is 1.42. The third-order valence-electron chi connectivity index (χ3n) is 3.61. The lowest BCUT2D eigenvalue weighted by molar-refractivity contribution is 0.356. The molecular formula is C16H22N2O5S. The normalized spacial score (nSPS) is 11.6. The first-order valence-corrected chi connectivity index (χ1v) is 9.30. The first kappa shape index (κ1) is 18.3. The van der Waals surface area contributed by atoms with Crippen LogP contribution in [0.1, 0.15) is 18.9 Å². The van der Waals surface area contributed by atoms with E-state index in [1.165, 1.54) is 7.11 Å². The highest BCUT2D eigenvalue weighted by molar-refractivity contribution is 7.89. The first-order chi connectivity index (χ1) is 11.4. The van der Waals surface area contributed by atoms with E-state index < -0.39 is 10.0 Å². The van der Waals surface area contributed by atoms with Crippen molar-refractivity contribution in [3.8, 4) is 11.5 Å². The van der Waals surface area contributed by atoms with E-state index in [0.717, 1.165) is 5.39 Å². The molecule has 0 aliphatic carbocycles. The molecule has 0 saturated carbocycles. The van der Waals surface area contributed by atoms with E-state index in [0.29, 0.717) is 35.4 Å². The number of ether oxygens (including phenoxy) is 2. The van der Waals surface area contributed by atoms with Crippen LogP contribution in [0.15, 0.2) is 23.0 Å². The molecule has 2 rings (SSSR count). The van der Waals surface area contributed by atoms with E-state index in [4.69, 9.17) is 9.47 Å². The van der Waals surface area contributed by atoms with Crippen LogP contribution < -0.4 is 19.8 Å². The summed E-state index contributed by atoms with van der Waals surface area (Å²) < 4.78 is 36.3. The number of benzene rings is 1. The van der Waals surface area contributed by atoms with Gasteiger partial charge in [-0.2, -0.15) is 0 Å². The molecule has 0 aliphatic rings. The second-order valence-corrected chi connectivity index (χ2v) is 7.31. The minimum atomic E-state index is -3.28. The summed E-state index contributed by atoms with van der Waals surface area (Å²) in [5, 5.41) is 0.790. The van der Waals surface area contributed by atoms with Crippen molar-refractivity contribution in [1.29, 1.82) is 0 Å². The number of sulfonamides is 1. The lowest BCUT2D eigenvalue weighted by Crippen LogP contribution is -2.29. The van der Waals surface area contributed by atoms with Crippen molar-refractivity contribution in [2.45, 2.75) is 19.8 Å². The summed E-state index contributed by atoms with van der Waals surface area (Å²) in [7, 11) is -0.209. The van der Waals surface area contributed by atoms with E-state index >= 15 is 0 Å². The minimum absolute atomic E-state index is 0.0814. The van der Waals surface area contributed by atoms with Crippen LogP contribution in [0.2, 0.25) is 0 Å². The number of pyridine rings is 1. The predicted molar refractivity (Wildman–Crippen MR) is 93.5 cm³/mol. The third-order valence-corrected chi connectivity index (χ3v) is 5.20. The van der Waals surface area contributed by atoms with E-state index in [1.807, 2.05) is 0 Å². The van der Waals surface area contributed by atoms with Crippen LogP contribution in [0.3, 0.4) is 0 Å². The maximum Gasteiger partial charge on any atom is 0.251 e. The minimum Gasteiger partial charge on any atom is -0.493 e. The molecule has 1 aromatic heterocycles. The van der Waals surface area contributed by atoms with Crippen LogP contribution in [-0.4, -0.2) is 39.9 Å². The zero-order valence-electron chi connectivity index (χ0n) is 14.0. The molecule has 8 heteroatoms. The molecule has 1 heterocycles. The van der Waals surface area contributed by atoms with Crippen LogP contribution in [0.4, 0.5) is 0 Å². The summed E-state index contributed by atoms with van der Waals surface area (Å²) in [6.07, 6.45) is 0.857. The summed E-state index contributed by atoms with van der Waals surface area (Å²) in [4.78, 5) is 15.0. The van der Waals surface area contributed by atoms with Gasteiger partial charge in [0.2, 0.25) is 10.0 Å². The number of rotatable bonds is 8. The Morgan fingerprint density at radius 1 is 1.12 bits per heavy atom. The molecule has 24 heavy (non-hydrogen) atoms. The van der Waals surface area contributed by atoms with Crippen molar-refractivity contribution in [3.63, 3.8) is 0 Å². The molecule has 7 nitrogen and oxygen atoms in total. The van der Waals surface area contributed by atoms with Gasteiger partial charge in [-0.15, -0.1) is 0 Å². The summed E-state index contributed by atoms with van der Waals surface area (Å²) >= 11 is 0. The molecule has 0 unspecified atom stereocenters. The molecule has 0 aliphatic heterocycles. The fraction of sp³-hybridized carbons (Fsp3) is 0.438. The van der Waals surface area contributed by atoms with Crippen LogP contribution in [-0.2, 0) is 16.4 Å². The summed E-state index contributed by atoms with van der Waals surface area (Å²) in [6, 6.07) is 5.21. The Morgan fingerprint density at radius 3 is 2.42 bits per heavy atom. The fourth-order valence-corrected chi connectivity index (χ4v) is 3.54. The smallest absolute Gasteiger partial charge is 0.251 e. The van der Waals surface area contributed by atoms with E-state index in [-0.39, 0.29) is 17.9 Å². The Labute approximate surface area is 141 Å². The van der Waals surface area contributed by atoms with Crippen molar-refractivity contribution in [2.75, 3.05) is 26.5 Å². The third kappa shape index (κ3) is 4.27. The number of hydrogen-bond acceptors (Lipinski definition) is 5. The van der Waals surface area contributed by atoms with Gasteiger partial charge < -0.3 is 14.5 Å². The summed E-state index contributed by atoms with van der Waals surface area (Å²) in [5.41, 5.74) is 0.895. The molecule has 0 spiro atoms. The maximum absolute atomic E-state index is 12.2. The van der Waals surface area contributed by atoms with E-state index in [9.17, 15) is 13.2 Å². The average Bonchev–Trinajstić information content (AvgIpc) is 2.54. The van der Waals surface area contributed by atoms with E-state index in [1.54, 1.807) is 32.2 Å². The van der Waals surface area contributed by atoms with Gasteiger partial charge in [0.05, 0.1) is 25.5 Å². The highest BCUT2D eigenvalue weighted by atomic mass is 32.2. The topological polar surface area (TPSA) is 97.5 Å². The molecule has 0 saturated heterocycles. The number of nitrogens with one attached hydrogen (secondary N) is 2. The van der Waals surface area contributed by atoms with Crippen LogP contribution in [0.5, 0.6) is 11.5 Å². The largest absolute Gasteiger partial charge is 0.493 e. The Hall–Kier alpha value is -2.06. The van der Waals surface area contributed by atoms with Gasteiger partial charge in [0, 0.05) is 23.6 Å². The Morgan fingerprint density at radius 2 is 1.79 bits per heavy atom. The molecule has 132 valence electrons. The van der Waals surface area contributed by atoms with Gasteiger partial charge in [0.15, 0.2) is 11.5 Å². The standard InChI is InChI=1S/C16H22N2O5S/c1-4-7-24(20,21)17-6-5-11-8-12-9-14(22-2)15(23-3)10-13(12)18-16(11)19/h8-10,17H,4-7H2,1-3H3,(H,18,19). The van der Waals surface area contributed by atoms with Gasteiger partial charge in [-0.25, -0.2) is 13.1 Å². The number of aromatic nitrogens is 1. The number of methoxy groups -OCH3 is 2. The lowest BCUT2D eigenvalue weighted by atomic mass is 10.1. The highest BCUT2D eigenvalue weighted by Crippen LogP contribution is 2.30. The van der Waals surface area contributed by atoms with Crippen LogP contribution in [0, 0.1) is 0 Å². The molecule has 2 aromatic rings. The molecule has 0 radical (unpaired) electrons. The van der Waals surface area contributed by atoms with Gasteiger partial charge in [0.25, 0.3) is 5.56 Å². The Kier molecular flexibility index (Phi) is 5.84. The van der Waals surface area contributed by atoms with Crippen molar-refractivity contribution in [3.05, 3.63) is 34.1 Å². The highest BCUT2D eigenvalue weighted by Gasteiger charge is 2.11. The number of H-pyrrole nitrogens is 1. The molecular weight excluding hydrogens is 332 g/mol. The van der Waals surface area contributed by atoms with Gasteiger partial charge in [-0.05, 0) is 25.0 Å². The van der Waals surface area contributed by atoms with Gasteiger partial charge >= 0.3 is 0 Å². The lowest BCUT2D eigenvalue weighted by Gasteiger charge is -2.10. The van der Waals surface area contributed by atoms with Gasteiger partial charge in [-0.1, -0.05) is 6.92 Å². The monoisotopic (exact) mass is 354 g/mol.